The van der Waals surface area contributed by atoms with Crippen LogP contribution in [0.3, 0.4) is 0 Å². The van der Waals surface area contributed by atoms with Crippen LogP contribution in [0.2, 0.25) is 0 Å². The molecule has 1 aliphatic rings. The van der Waals surface area contributed by atoms with Crippen molar-refractivity contribution in [3.8, 4) is 0 Å². The molecule has 0 spiro atoms. The maximum absolute atomic E-state index is 11.0. The van der Waals surface area contributed by atoms with E-state index in [1.54, 1.807) is 6.07 Å². The smallest absolute Gasteiger partial charge is 0.270 e. The van der Waals surface area contributed by atoms with Crippen molar-refractivity contribution in [3.63, 3.8) is 0 Å². The highest BCUT2D eigenvalue weighted by Crippen LogP contribution is 2.29. The van der Waals surface area contributed by atoms with Gasteiger partial charge >= 0.3 is 0 Å². The van der Waals surface area contributed by atoms with E-state index in [0.29, 0.717) is 22.7 Å². The molecule has 0 fully saturated rings. The van der Waals surface area contributed by atoms with Crippen molar-refractivity contribution in [2.45, 2.75) is 6.23 Å². The Bertz CT molecular complexity index is 784. The van der Waals surface area contributed by atoms with Gasteiger partial charge in [-0.25, -0.2) is 4.99 Å². The van der Waals surface area contributed by atoms with Crippen LogP contribution in [-0.4, -0.2) is 22.0 Å². The van der Waals surface area contributed by atoms with Gasteiger partial charge in [0.1, 0.15) is 0 Å². The molecule has 0 radical (unpaired) electrons. The zero-order valence-electron chi connectivity index (χ0n) is 11.6. The van der Waals surface area contributed by atoms with Gasteiger partial charge < -0.3 is 10.4 Å². The first-order valence-electron chi connectivity index (χ1n) is 6.62. The molecule has 22 heavy (non-hydrogen) atoms. The average Bonchev–Trinajstić information content (AvgIpc) is 2.65. The first-order chi connectivity index (χ1) is 10.6. The van der Waals surface area contributed by atoms with Gasteiger partial charge in [-0.15, -0.1) is 0 Å². The molecular formula is C16H13N3O3. The van der Waals surface area contributed by atoms with Crippen LogP contribution in [0.25, 0.3) is 0 Å². The summed E-state index contributed by atoms with van der Waals surface area (Å²) in [6.07, 6.45) is -1.12. The molecule has 2 aromatic rings. The van der Waals surface area contributed by atoms with Gasteiger partial charge in [-0.1, -0.05) is 36.9 Å². The summed E-state index contributed by atoms with van der Waals surface area (Å²) in [7, 11) is 0. The second-order valence-corrected chi connectivity index (χ2v) is 4.85. The summed E-state index contributed by atoms with van der Waals surface area (Å²) in [6.45, 7) is 3.74. The predicted molar refractivity (Wildman–Crippen MR) is 83.9 cm³/mol. The largest absolute Gasteiger partial charge is 0.367 e. The third-order valence-electron chi connectivity index (χ3n) is 3.37. The topological polar surface area (TPSA) is 87.8 Å². The second-order valence-electron chi connectivity index (χ2n) is 4.85. The second kappa shape index (κ2) is 5.42. The van der Waals surface area contributed by atoms with Crippen LogP contribution in [0.4, 0.5) is 11.4 Å². The van der Waals surface area contributed by atoms with E-state index < -0.39 is 11.2 Å². The number of hydrogen-bond acceptors (Lipinski definition) is 5. The van der Waals surface area contributed by atoms with Crippen molar-refractivity contribution in [1.82, 2.24) is 0 Å². The molecule has 2 aromatic carbocycles. The Morgan fingerprint density at radius 1 is 1.23 bits per heavy atom. The number of benzodiazepines with no additional fused rings is 1. The van der Waals surface area contributed by atoms with E-state index in [-0.39, 0.29) is 5.69 Å². The molecule has 0 saturated heterocycles. The summed E-state index contributed by atoms with van der Waals surface area (Å²) in [5.74, 6) is 0. The zero-order valence-corrected chi connectivity index (χ0v) is 11.6. The van der Waals surface area contributed by atoms with Crippen LogP contribution in [0.15, 0.2) is 65.8 Å². The van der Waals surface area contributed by atoms with Gasteiger partial charge in [-0.05, 0) is 6.07 Å². The van der Waals surface area contributed by atoms with Gasteiger partial charge in [0.25, 0.3) is 5.69 Å². The Balaban J connectivity index is 2.24. The number of benzene rings is 2. The maximum Gasteiger partial charge on any atom is 0.270 e. The molecular weight excluding hydrogens is 282 g/mol. The number of non-ortho nitro benzene ring substituents is 1. The lowest BCUT2D eigenvalue weighted by molar-refractivity contribution is -0.384. The number of hydrogen-bond donors (Lipinski definition) is 2. The minimum atomic E-state index is -1.12. The number of anilines is 1. The first kappa shape index (κ1) is 14.0. The van der Waals surface area contributed by atoms with Crippen molar-refractivity contribution in [2.75, 3.05) is 5.32 Å². The Morgan fingerprint density at radius 3 is 2.64 bits per heavy atom. The summed E-state index contributed by atoms with van der Waals surface area (Å²) >= 11 is 0. The molecule has 1 aliphatic heterocycles. The molecule has 0 amide bonds. The molecule has 0 saturated carbocycles. The van der Waals surface area contributed by atoms with E-state index in [9.17, 15) is 15.2 Å². The number of aliphatic imine (C=N–C) groups is 1. The number of fused-ring (bicyclic) bond motifs is 1. The van der Waals surface area contributed by atoms with Crippen molar-refractivity contribution < 1.29 is 10.0 Å². The number of nitro groups is 1. The Kier molecular flexibility index (Phi) is 3.44. The van der Waals surface area contributed by atoms with Crippen molar-refractivity contribution >= 4 is 17.1 Å². The SMILES string of the molecule is C=C1Nc2ccc([N+](=O)[O-])cc2C(c2ccccc2)=NC1O. The number of rotatable bonds is 2. The van der Waals surface area contributed by atoms with Crippen LogP contribution in [0, 0.1) is 10.1 Å². The molecule has 6 heteroatoms. The number of nitrogens with zero attached hydrogens (tertiary/aromatic N) is 2. The van der Waals surface area contributed by atoms with E-state index in [0.717, 1.165) is 5.56 Å². The lowest BCUT2D eigenvalue weighted by atomic mass is 10.00. The predicted octanol–water partition coefficient (Wildman–Crippen LogP) is 2.69. The standard InChI is InChI=1S/C16H13N3O3/c1-10-16(20)18-15(11-5-3-2-4-6-11)13-9-12(19(21)22)7-8-14(13)17-10/h2-9,16-17,20H,1H2. The number of nitrogens with one attached hydrogen (secondary N) is 1. The fourth-order valence-corrected chi connectivity index (χ4v) is 2.28. The Morgan fingerprint density at radius 2 is 1.95 bits per heavy atom. The van der Waals surface area contributed by atoms with E-state index in [1.165, 1.54) is 12.1 Å². The molecule has 1 unspecified atom stereocenters. The number of nitro benzene ring substituents is 1. The first-order valence-corrected chi connectivity index (χ1v) is 6.62. The maximum atomic E-state index is 11.0. The van der Waals surface area contributed by atoms with Crippen LogP contribution < -0.4 is 5.32 Å². The summed E-state index contributed by atoms with van der Waals surface area (Å²) in [4.78, 5) is 14.8. The van der Waals surface area contributed by atoms with Crippen molar-refractivity contribution in [3.05, 3.63) is 82.0 Å². The average molecular weight is 295 g/mol. The van der Waals surface area contributed by atoms with Crippen molar-refractivity contribution in [2.24, 2.45) is 4.99 Å². The monoisotopic (exact) mass is 295 g/mol. The summed E-state index contributed by atoms with van der Waals surface area (Å²) in [6, 6.07) is 13.7. The Hall–Kier alpha value is -2.99. The molecule has 3 rings (SSSR count). The third-order valence-corrected chi connectivity index (χ3v) is 3.37. The lowest BCUT2D eigenvalue weighted by Crippen LogP contribution is -2.12. The van der Waals surface area contributed by atoms with E-state index in [4.69, 9.17) is 0 Å². The molecule has 1 heterocycles. The highest BCUT2D eigenvalue weighted by atomic mass is 16.6. The van der Waals surface area contributed by atoms with E-state index in [2.05, 4.69) is 16.9 Å². The van der Waals surface area contributed by atoms with E-state index >= 15 is 0 Å². The third kappa shape index (κ3) is 2.47. The van der Waals surface area contributed by atoms with Gasteiger partial charge in [-0.2, -0.15) is 0 Å². The highest BCUT2D eigenvalue weighted by Gasteiger charge is 2.22. The summed E-state index contributed by atoms with van der Waals surface area (Å²) in [5, 5.41) is 24.0. The zero-order chi connectivity index (χ0) is 15.7. The van der Waals surface area contributed by atoms with E-state index in [1.807, 2.05) is 30.3 Å². The molecule has 2 N–H and O–H groups in total. The van der Waals surface area contributed by atoms with Gasteiger partial charge in [0.15, 0.2) is 6.23 Å². The molecule has 0 aromatic heterocycles. The Labute approximate surface area is 126 Å². The van der Waals surface area contributed by atoms with Crippen LogP contribution >= 0.6 is 0 Å². The fourth-order valence-electron chi connectivity index (χ4n) is 2.28. The van der Waals surface area contributed by atoms with Crippen LogP contribution in [0.1, 0.15) is 11.1 Å². The van der Waals surface area contributed by atoms with Gasteiger partial charge in [0.05, 0.1) is 16.3 Å². The lowest BCUT2D eigenvalue weighted by Gasteiger charge is -2.10. The van der Waals surface area contributed by atoms with Gasteiger partial charge in [-0.3, -0.25) is 10.1 Å². The van der Waals surface area contributed by atoms with Crippen molar-refractivity contribution in [1.29, 1.82) is 0 Å². The quantitative estimate of drug-likeness (QED) is 0.658. The minimum Gasteiger partial charge on any atom is -0.367 e. The van der Waals surface area contributed by atoms with Gasteiger partial charge in [0, 0.05) is 28.9 Å². The molecule has 6 nitrogen and oxygen atoms in total. The molecule has 1 atom stereocenters. The molecule has 110 valence electrons. The highest BCUT2D eigenvalue weighted by molar-refractivity contribution is 6.16. The molecule has 0 aliphatic carbocycles. The van der Waals surface area contributed by atoms with Crippen LogP contribution in [-0.2, 0) is 0 Å². The summed E-state index contributed by atoms with van der Waals surface area (Å²) in [5.41, 5.74) is 2.71. The molecule has 0 bridgehead atoms. The van der Waals surface area contributed by atoms with Crippen LogP contribution in [0.5, 0.6) is 0 Å². The number of aliphatic hydroxyl groups excluding tert-OH is 1. The summed E-state index contributed by atoms with van der Waals surface area (Å²) < 4.78 is 0. The normalized spacial score (nSPS) is 17.0. The van der Waals surface area contributed by atoms with Gasteiger partial charge in [0.2, 0.25) is 0 Å². The minimum absolute atomic E-state index is 0.0359. The number of aliphatic hydroxyl groups is 1. The fraction of sp³-hybridized carbons (Fsp3) is 0.0625.